The van der Waals surface area contributed by atoms with Crippen LogP contribution in [0.1, 0.15) is 28.8 Å². The van der Waals surface area contributed by atoms with Crippen molar-refractivity contribution in [3.8, 4) is 0 Å². The van der Waals surface area contributed by atoms with Gasteiger partial charge < -0.3 is 10.6 Å². The standard InChI is InChI=1S/C16H18FN3OS.2ClH/c1-2-15-19-11(9-22-15)7-14(21)20-13-4-3-10-8-18-6-5-12(10)16(13)17;;/h3-4,9,18H,2,5-8H2,1H3,(H,20,21);2*1H. The molecule has 0 unspecified atom stereocenters. The second-order valence-corrected chi connectivity index (χ2v) is 6.25. The highest BCUT2D eigenvalue weighted by Crippen LogP contribution is 2.24. The van der Waals surface area contributed by atoms with E-state index < -0.39 is 0 Å². The lowest BCUT2D eigenvalue weighted by molar-refractivity contribution is -0.115. The molecule has 0 bridgehead atoms. The summed E-state index contributed by atoms with van der Waals surface area (Å²) >= 11 is 1.55. The molecule has 2 heterocycles. The third-order valence-electron chi connectivity index (χ3n) is 3.72. The number of thiazole rings is 1. The quantitative estimate of drug-likeness (QED) is 0.837. The molecule has 1 aliphatic rings. The SMILES string of the molecule is CCc1nc(CC(=O)Nc2ccc3c(c2F)CCNC3)cs1.Cl.Cl. The summed E-state index contributed by atoms with van der Waals surface area (Å²) in [5, 5.41) is 8.77. The van der Waals surface area contributed by atoms with E-state index in [1.165, 1.54) is 0 Å². The lowest BCUT2D eigenvalue weighted by atomic mass is 9.99. The second-order valence-electron chi connectivity index (χ2n) is 5.30. The van der Waals surface area contributed by atoms with Crippen molar-refractivity contribution in [2.24, 2.45) is 0 Å². The van der Waals surface area contributed by atoms with Crippen molar-refractivity contribution in [1.82, 2.24) is 10.3 Å². The fourth-order valence-corrected chi connectivity index (χ4v) is 3.33. The number of benzene rings is 1. The molecule has 1 amide bonds. The number of aryl methyl sites for hydroxylation is 1. The Kier molecular flexibility index (Phi) is 8.09. The number of amides is 1. The van der Waals surface area contributed by atoms with Crippen LogP contribution in [0.2, 0.25) is 0 Å². The highest BCUT2D eigenvalue weighted by molar-refractivity contribution is 7.09. The summed E-state index contributed by atoms with van der Waals surface area (Å²) in [6, 6.07) is 3.51. The Morgan fingerprint density at radius 1 is 1.42 bits per heavy atom. The number of carbonyl (C=O) groups excluding carboxylic acids is 1. The Morgan fingerprint density at radius 2 is 2.21 bits per heavy atom. The first-order chi connectivity index (χ1) is 10.7. The molecule has 24 heavy (non-hydrogen) atoms. The lowest BCUT2D eigenvalue weighted by Crippen LogP contribution is -2.25. The van der Waals surface area contributed by atoms with E-state index in [1.54, 1.807) is 17.4 Å². The van der Waals surface area contributed by atoms with Gasteiger partial charge in [0.05, 0.1) is 22.8 Å². The summed E-state index contributed by atoms with van der Waals surface area (Å²) in [5.41, 5.74) is 2.67. The normalized spacial score (nSPS) is 12.6. The molecule has 2 aromatic rings. The van der Waals surface area contributed by atoms with Crippen molar-refractivity contribution < 1.29 is 9.18 Å². The number of nitrogens with one attached hydrogen (secondary N) is 2. The van der Waals surface area contributed by atoms with Gasteiger partial charge in [0.1, 0.15) is 5.82 Å². The maximum absolute atomic E-state index is 14.5. The molecular formula is C16H20Cl2FN3OS. The molecular weight excluding hydrogens is 372 g/mol. The Morgan fingerprint density at radius 3 is 2.92 bits per heavy atom. The van der Waals surface area contributed by atoms with Crippen LogP contribution < -0.4 is 10.6 Å². The van der Waals surface area contributed by atoms with E-state index in [0.29, 0.717) is 18.5 Å². The van der Waals surface area contributed by atoms with E-state index in [-0.39, 0.29) is 48.6 Å². The summed E-state index contributed by atoms with van der Waals surface area (Å²) in [7, 11) is 0. The fourth-order valence-electron chi connectivity index (χ4n) is 2.58. The first-order valence-corrected chi connectivity index (χ1v) is 8.29. The molecule has 0 saturated carbocycles. The molecule has 4 nitrogen and oxygen atoms in total. The lowest BCUT2D eigenvalue weighted by Gasteiger charge is -2.19. The van der Waals surface area contributed by atoms with Crippen LogP contribution in [0.5, 0.6) is 0 Å². The molecule has 0 atom stereocenters. The van der Waals surface area contributed by atoms with Gasteiger partial charge >= 0.3 is 0 Å². The van der Waals surface area contributed by atoms with E-state index in [1.807, 2.05) is 18.4 Å². The van der Waals surface area contributed by atoms with Crippen LogP contribution in [-0.4, -0.2) is 17.4 Å². The molecule has 8 heteroatoms. The van der Waals surface area contributed by atoms with E-state index in [9.17, 15) is 9.18 Å². The van der Waals surface area contributed by atoms with Crippen LogP contribution >= 0.6 is 36.2 Å². The molecule has 1 aliphatic heterocycles. The fraction of sp³-hybridized carbons (Fsp3) is 0.375. The number of anilines is 1. The highest BCUT2D eigenvalue weighted by atomic mass is 35.5. The third-order valence-corrected chi connectivity index (χ3v) is 4.77. The van der Waals surface area contributed by atoms with Crippen LogP contribution in [0.15, 0.2) is 17.5 Å². The minimum absolute atomic E-state index is 0. The van der Waals surface area contributed by atoms with E-state index in [0.717, 1.165) is 29.2 Å². The van der Waals surface area contributed by atoms with Crippen LogP contribution in [0, 0.1) is 5.82 Å². The van der Waals surface area contributed by atoms with Crippen molar-refractivity contribution in [2.45, 2.75) is 32.7 Å². The van der Waals surface area contributed by atoms with Gasteiger partial charge in [-0.2, -0.15) is 0 Å². The van der Waals surface area contributed by atoms with Gasteiger partial charge in [0.25, 0.3) is 0 Å². The summed E-state index contributed by atoms with van der Waals surface area (Å²) < 4.78 is 14.5. The molecule has 0 fully saturated rings. The molecule has 0 spiro atoms. The van der Waals surface area contributed by atoms with Crippen LogP contribution in [-0.2, 0) is 30.6 Å². The van der Waals surface area contributed by atoms with Gasteiger partial charge in [-0.15, -0.1) is 36.2 Å². The Bertz CT molecular complexity index is 709. The van der Waals surface area contributed by atoms with Gasteiger partial charge in [-0.1, -0.05) is 13.0 Å². The van der Waals surface area contributed by atoms with Gasteiger partial charge in [0, 0.05) is 11.9 Å². The topological polar surface area (TPSA) is 54.0 Å². The van der Waals surface area contributed by atoms with Crippen molar-refractivity contribution in [1.29, 1.82) is 0 Å². The number of hydrogen-bond acceptors (Lipinski definition) is 4. The minimum Gasteiger partial charge on any atom is -0.323 e. The molecule has 132 valence electrons. The Labute approximate surface area is 157 Å². The minimum atomic E-state index is -0.306. The Hall–Kier alpha value is -1.21. The molecule has 0 aliphatic carbocycles. The predicted molar refractivity (Wildman–Crippen MR) is 100 cm³/mol. The van der Waals surface area contributed by atoms with Crippen LogP contribution in [0.3, 0.4) is 0 Å². The number of aromatic nitrogens is 1. The molecule has 1 aromatic carbocycles. The number of rotatable bonds is 4. The zero-order chi connectivity index (χ0) is 15.5. The maximum atomic E-state index is 14.5. The van der Waals surface area contributed by atoms with Gasteiger partial charge in [-0.05, 0) is 36.6 Å². The van der Waals surface area contributed by atoms with Gasteiger partial charge in [-0.3, -0.25) is 4.79 Å². The molecule has 0 saturated heterocycles. The first kappa shape index (κ1) is 20.8. The van der Waals surface area contributed by atoms with Crippen LogP contribution in [0.25, 0.3) is 0 Å². The van der Waals surface area contributed by atoms with Crippen molar-refractivity contribution >= 4 is 47.7 Å². The molecule has 0 radical (unpaired) electrons. The average Bonchev–Trinajstić information content (AvgIpc) is 2.98. The number of nitrogens with zero attached hydrogens (tertiary/aromatic N) is 1. The number of hydrogen-bond donors (Lipinski definition) is 2. The van der Waals surface area contributed by atoms with E-state index in [2.05, 4.69) is 15.6 Å². The average molecular weight is 392 g/mol. The maximum Gasteiger partial charge on any atom is 0.230 e. The summed E-state index contributed by atoms with van der Waals surface area (Å²) in [6.07, 6.45) is 1.69. The largest absolute Gasteiger partial charge is 0.323 e. The number of carbonyl (C=O) groups is 1. The monoisotopic (exact) mass is 391 g/mol. The van der Waals surface area contributed by atoms with E-state index in [4.69, 9.17) is 0 Å². The number of halogens is 3. The summed E-state index contributed by atoms with van der Waals surface area (Å²) in [4.78, 5) is 16.4. The van der Waals surface area contributed by atoms with Crippen molar-refractivity contribution in [3.63, 3.8) is 0 Å². The zero-order valence-electron chi connectivity index (χ0n) is 13.2. The first-order valence-electron chi connectivity index (χ1n) is 7.41. The third kappa shape index (κ3) is 4.66. The summed E-state index contributed by atoms with van der Waals surface area (Å²) in [6.45, 7) is 3.47. The van der Waals surface area contributed by atoms with Crippen molar-refractivity contribution in [3.05, 3.63) is 45.2 Å². The van der Waals surface area contributed by atoms with Gasteiger partial charge in [0.15, 0.2) is 0 Å². The van der Waals surface area contributed by atoms with Crippen LogP contribution in [0.4, 0.5) is 10.1 Å². The Balaban J connectivity index is 0.00000144. The summed E-state index contributed by atoms with van der Waals surface area (Å²) in [5.74, 6) is -0.541. The second kappa shape index (κ2) is 9.32. The highest BCUT2D eigenvalue weighted by Gasteiger charge is 2.17. The van der Waals surface area contributed by atoms with Gasteiger partial charge in [0.2, 0.25) is 5.91 Å². The zero-order valence-corrected chi connectivity index (χ0v) is 15.7. The van der Waals surface area contributed by atoms with Gasteiger partial charge in [-0.25, -0.2) is 9.37 Å². The van der Waals surface area contributed by atoms with Crippen molar-refractivity contribution in [2.75, 3.05) is 11.9 Å². The van der Waals surface area contributed by atoms with E-state index >= 15 is 0 Å². The molecule has 3 rings (SSSR count). The predicted octanol–water partition coefficient (Wildman–Crippen LogP) is 3.52. The number of fused-ring (bicyclic) bond motifs is 1. The molecule has 2 N–H and O–H groups in total. The molecule has 1 aromatic heterocycles. The smallest absolute Gasteiger partial charge is 0.230 e.